The number of ether oxygens (including phenoxy) is 1. The summed E-state index contributed by atoms with van der Waals surface area (Å²) in [6, 6.07) is 0.0977. The Morgan fingerprint density at radius 3 is 3.12 bits per heavy atom. The van der Waals surface area contributed by atoms with Gasteiger partial charge in [0.2, 0.25) is 0 Å². The molecule has 1 N–H and O–H groups in total. The highest BCUT2D eigenvalue weighted by molar-refractivity contribution is 5.88. The topological polar surface area (TPSA) is 63.2 Å². The Hall–Kier alpha value is -2.09. The number of pyridine rings is 1. The fourth-order valence-electron chi connectivity index (χ4n) is 3.89. The maximum absolute atomic E-state index is 14.0. The minimum Gasteiger partial charge on any atom is -0.461 e. The maximum Gasteiger partial charge on any atom is 0.319 e. The van der Waals surface area contributed by atoms with Gasteiger partial charge in [0, 0.05) is 26.2 Å². The average molecular weight is 335 g/mol. The van der Waals surface area contributed by atoms with Gasteiger partial charge in [0.05, 0.1) is 17.1 Å². The normalized spacial score (nSPS) is 26.7. The molecule has 0 aromatic carbocycles. The summed E-state index contributed by atoms with van der Waals surface area (Å²) < 4.78 is 33.6. The first-order valence-corrected chi connectivity index (χ1v) is 8.12. The van der Waals surface area contributed by atoms with Gasteiger partial charge in [-0.25, -0.2) is 8.78 Å². The van der Waals surface area contributed by atoms with E-state index in [-0.39, 0.29) is 17.1 Å². The number of hydrogen-bond donors (Lipinski definition) is 1. The molecule has 128 valence electrons. The molecule has 0 radical (unpaired) electrons. The number of hydrogen-bond acceptors (Lipinski definition) is 6. The second kappa shape index (κ2) is 5.77. The van der Waals surface area contributed by atoms with E-state index in [1.807, 2.05) is 0 Å². The Labute approximate surface area is 138 Å². The molecule has 0 bridgehead atoms. The van der Waals surface area contributed by atoms with Gasteiger partial charge in [0.1, 0.15) is 24.1 Å². The number of halogens is 2. The van der Waals surface area contributed by atoms with E-state index in [2.05, 4.69) is 25.2 Å². The third kappa shape index (κ3) is 2.45. The van der Waals surface area contributed by atoms with Crippen LogP contribution >= 0.6 is 0 Å². The fraction of sp³-hybridized carbons (Fsp3) is 0.562. The molecule has 8 heteroatoms. The molecule has 24 heavy (non-hydrogen) atoms. The first kappa shape index (κ1) is 15.4. The molecule has 0 saturated carbocycles. The molecule has 2 aliphatic rings. The number of nitrogens with zero attached hydrogens (tertiary/aromatic N) is 4. The molecule has 6 nitrogen and oxygen atoms in total. The van der Waals surface area contributed by atoms with Gasteiger partial charge in [-0.3, -0.25) is 9.88 Å². The molecule has 2 atom stereocenters. The highest BCUT2D eigenvalue weighted by Gasteiger charge is 2.49. The Morgan fingerprint density at radius 1 is 1.42 bits per heavy atom. The van der Waals surface area contributed by atoms with Crippen LogP contribution in [0.5, 0.6) is 6.01 Å². The zero-order valence-corrected chi connectivity index (χ0v) is 13.4. The summed E-state index contributed by atoms with van der Waals surface area (Å²) in [5.74, 6) is -0.0702. The van der Waals surface area contributed by atoms with Crippen LogP contribution in [0.1, 0.15) is 19.3 Å². The molecular weight excluding hydrogens is 316 g/mol. The van der Waals surface area contributed by atoms with Crippen molar-refractivity contribution in [1.29, 1.82) is 0 Å². The van der Waals surface area contributed by atoms with Crippen LogP contribution in [0.4, 0.5) is 14.6 Å². The number of fused-ring (bicyclic) bond motifs is 2. The van der Waals surface area contributed by atoms with Gasteiger partial charge in [-0.05, 0) is 19.4 Å². The monoisotopic (exact) mass is 335 g/mol. The highest BCUT2D eigenvalue weighted by atomic mass is 19.1. The molecular formula is C16H19F2N5O. The standard InChI is InChI=1S/C16H19F2N5O/c1-19-14-11-6-20-7-12(18)13(11)21-15(22-14)24-9-16-3-2-4-23(16)8-10(17)5-16/h6-7,10H,2-5,8-9H2,1H3,(H,19,21,22)/t10-,16+/m1/s1. The SMILES string of the molecule is CNc1nc(OC[C@@]23CCCN2C[C@H](F)C3)nc2c(F)cncc12. The van der Waals surface area contributed by atoms with E-state index in [9.17, 15) is 8.78 Å². The molecule has 2 aromatic rings. The van der Waals surface area contributed by atoms with Gasteiger partial charge in [0.25, 0.3) is 0 Å². The number of anilines is 1. The molecule has 2 fully saturated rings. The molecule has 2 saturated heterocycles. The summed E-state index contributed by atoms with van der Waals surface area (Å²) in [7, 11) is 1.69. The van der Waals surface area contributed by atoms with E-state index < -0.39 is 12.0 Å². The van der Waals surface area contributed by atoms with Crippen LogP contribution in [-0.2, 0) is 0 Å². The van der Waals surface area contributed by atoms with Gasteiger partial charge in [0.15, 0.2) is 5.82 Å². The second-order valence-electron chi connectivity index (χ2n) is 6.49. The summed E-state index contributed by atoms with van der Waals surface area (Å²) in [5, 5.41) is 3.40. The minimum absolute atomic E-state index is 0.0977. The Kier molecular flexibility index (Phi) is 3.71. The zero-order chi connectivity index (χ0) is 16.7. The van der Waals surface area contributed by atoms with Crippen molar-refractivity contribution in [3.05, 3.63) is 18.2 Å². The van der Waals surface area contributed by atoms with Crippen LogP contribution in [0.15, 0.2) is 12.4 Å². The molecule has 4 rings (SSSR count). The number of aromatic nitrogens is 3. The summed E-state index contributed by atoms with van der Waals surface area (Å²) in [5.41, 5.74) is -0.121. The summed E-state index contributed by atoms with van der Waals surface area (Å²) in [6.07, 6.45) is 4.21. The summed E-state index contributed by atoms with van der Waals surface area (Å²) in [4.78, 5) is 14.4. The molecule has 0 unspecified atom stereocenters. The first-order valence-electron chi connectivity index (χ1n) is 8.12. The predicted octanol–water partition coefficient (Wildman–Crippen LogP) is 2.16. The number of rotatable bonds is 4. The van der Waals surface area contributed by atoms with Crippen LogP contribution < -0.4 is 10.1 Å². The first-order chi connectivity index (χ1) is 11.6. The van der Waals surface area contributed by atoms with E-state index in [4.69, 9.17) is 4.74 Å². The van der Waals surface area contributed by atoms with Gasteiger partial charge >= 0.3 is 6.01 Å². The van der Waals surface area contributed by atoms with Gasteiger partial charge in [-0.2, -0.15) is 9.97 Å². The van der Waals surface area contributed by atoms with Gasteiger partial charge in [-0.1, -0.05) is 0 Å². The number of alkyl halides is 1. The zero-order valence-electron chi connectivity index (χ0n) is 13.4. The Bertz CT molecular complexity index is 773. The van der Waals surface area contributed by atoms with E-state index in [0.29, 0.717) is 30.8 Å². The molecule has 2 aromatic heterocycles. The van der Waals surface area contributed by atoms with E-state index >= 15 is 0 Å². The van der Waals surface area contributed by atoms with Crippen molar-refractivity contribution >= 4 is 16.7 Å². The molecule has 0 spiro atoms. The van der Waals surface area contributed by atoms with Crippen molar-refractivity contribution < 1.29 is 13.5 Å². The molecule has 2 aliphatic heterocycles. The lowest BCUT2D eigenvalue weighted by atomic mass is 9.95. The maximum atomic E-state index is 14.0. The van der Waals surface area contributed by atoms with Gasteiger partial charge < -0.3 is 10.1 Å². The third-order valence-electron chi connectivity index (χ3n) is 5.01. The lowest BCUT2D eigenvalue weighted by Gasteiger charge is -2.30. The molecule has 0 amide bonds. The quantitative estimate of drug-likeness (QED) is 0.924. The lowest BCUT2D eigenvalue weighted by Crippen LogP contribution is -2.43. The largest absolute Gasteiger partial charge is 0.461 e. The van der Waals surface area contributed by atoms with E-state index in [1.165, 1.54) is 6.20 Å². The van der Waals surface area contributed by atoms with Crippen molar-refractivity contribution in [1.82, 2.24) is 19.9 Å². The van der Waals surface area contributed by atoms with Crippen molar-refractivity contribution in [2.75, 3.05) is 32.1 Å². The van der Waals surface area contributed by atoms with E-state index in [1.54, 1.807) is 7.05 Å². The predicted molar refractivity (Wildman–Crippen MR) is 85.4 cm³/mol. The average Bonchev–Trinajstić information content (AvgIpc) is 3.08. The van der Waals surface area contributed by atoms with Crippen LogP contribution in [0.3, 0.4) is 0 Å². The number of nitrogens with one attached hydrogen (secondary N) is 1. The van der Waals surface area contributed by atoms with Crippen LogP contribution in [0.2, 0.25) is 0 Å². The molecule has 4 heterocycles. The lowest BCUT2D eigenvalue weighted by molar-refractivity contribution is 0.107. The van der Waals surface area contributed by atoms with Crippen molar-refractivity contribution in [2.45, 2.75) is 31.0 Å². The second-order valence-corrected chi connectivity index (χ2v) is 6.49. The fourth-order valence-corrected chi connectivity index (χ4v) is 3.89. The Balaban J connectivity index is 1.62. The van der Waals surface area contributed by atoms with Crippen molar-refractivity contribution in [3.8, 4) is 6.01 Å². The van der Waals surface area contributed by atoms with Gasteiger partial charge in [-0.15, -0.1) is 0 Å². The molecule has 0 aliphatic carbocycles. The van der Waals surface area contributed by atoms with Crippen LogP contribution in [-0.4, -0.2) is 58.3 Å². The van der Waals surface area contributed by atoms with Crippen molar-refractivity contribution in [2.24, 2.45) is 0 Å². The van der Waals surface area contributed by atoms with Crippen molar-refractivity contribution in [3.63, 3.8) is 0 Å². The minimum atomic E-state index is -0.817. The smallest absolute Gasteiger partial charge is 0.319 e. The van der Waals surface area contributed by atoms with E-state index in [0.717, 1.165) is 25.6 Å². The summed E-state index contributed by atoms with van der Waals surface area (Å²) in [6.45, 7) is 1.67. The van der Waals surface area contributed by atoms with Crippen LogP contribution in [0, 0.1) is 5.82 Å². The third-order valence-corrected chi connectivity index (χ3v) is 5.01. The Morgan fingerprint density at radius 2 is 2.29 bits per heavy atom. The highest BCUT2D eigenvalue weighted by Crippen LogP contribution is 2.40. The van der Waals surface area contributed by atoms with Crippen LogP contribution in [0.25, 0.3) is 10.9 Å². The summed E-state index contributed by atoms with van der Waals surface area (Å²) >= 11 is 0.